The van der Waals surface area contributed by atoms with Gasteiger partial charge in [-0.2, -0.15) is 0 Å². The Bertz CT molecular complexity index is 1450. The number of nitrogens with two attached hydrogens (primary N) is 1. The maximum Gasteiger partial charge on any atom is 0.356 e. The molecule has 3 aromatic rings. The molecule has 2 atom stereocenters. The van der Waals surface area contributed by atoms with Crippen LogP contribution in [0.1, 0.15) is 22.9 Å². The number of amides is 2. The summed E-state index contributed by atoms with van der Waals surface area (Å²) in [5, 5.41) is 16.1. The SMILES string of the molecule is C=CC1=C(C(=O)OC(c2ccccc2)c2ccccc2)N2C(=O)C(NC(=O)/C(=N\O)c3csc(N)n3)C2SC1. The molecular weight excluding hydrogens is 538 g/mol. The average Bonchev–Trinajstić information content (AvgIpc) is 3.40. The van der Waals surface area contributed by atoms with Crippen LogP contribution in [-0.2, 0) is 19.1 Å². The monoisotopic (exact) mass is 561 g/mol. The van der Waals surface area contributed by atoms with E-state index in [-0.39, 0.29) is 22.2 Å². The Morgan fingerprint density at radius 2 is 1.82 bits per heavy atom. The maximum atomic E-state index is 13.6. The number of ether oxygens (including phenoxy) is 1. The lowest BCUT2D eigenvalue weighted by Gasteiger charge is -2.49. The van der Waals surface area contributed by atoms with Crippen molar-refractivity contribution in [2.75, 3.05) is 11.5 Å². The van der Waals surface area contributed by atoms with Crippen molar-refractivity contribution in [1.29, 1.82) is 0 Å². The minimum atomic E-state index is -0.955. The van der Waals surface area contributed by atoms with E-state index >= 15 is 0 Å². The molecule has 198 valence electrons. The zero-order valence-corrected chi connectivity index (χ0v) is 22.0. The molecule has 2 aliphatic heterocycles. The van der Waals surface area contributed by atoms with Gasteiger partial charge in [-0.25, -0.2) is 9.78 Å². The van der Waals surface area contributed by atoms with Crippen LogP contribution < -0.4 is 11.1 Å². The summed E-state index contributed by atoms with van der Waals surface area (Å²) >= 11 is 2.45. The summed E-state index contributed by atoms with van der Waals surface area (Å²) in [5.74, 6) is -1.60. The summed E-state index contributed by atoms with van der Waals surface area (Å²) < 4.78 is 6.02. The molecule has 10 nitrogen and oxygen atoms in total. The molecule has 0 radical (unpaired) electrons. The molecule has 0 aliphatic carbocycles. The van der Waals surface area contributed by atoms with E-state index in [1.807, 2.05) is 60.7 Å². The number of anilines is 1. The number of hydrogen-bond donors (Lipinski definition) is 3. The summed E-state index contributed by atoms with van der Waals surface area (Å²) in [6, 6.07) is 17.7. The number of thioether (sulfide) groups is 1. The Balaban J connectivity index is 1.37. The third-order valence-electron chi connectivity index (χ3n) is 6.23. The van der Waals surface area contributed by atoms with Crippen LogP contribution in [0.2, 0.25) is 0 Å². The number of carbonyl (C=O) groups excluding carboxylic acids is 3. The van der Waals surface area contributed by atoms with Crippen molar-refractivity contribution in [2.24, 2.45) is 5.16 Å². The van der Waals surface area contributed by atoms with Crippen LogP contribution in [0, 0.1) is 0 Å². The smallest absolute Gasteiger partial charge is 0.356 e. The van der Waals surface area contributed by atoms with Crippen molar-refractivity contribution >= 4 is 51.7 Å². The highest BCUT2D eigenvalue weighted by Gasteiger charge is 2.54. The van der Waals surface area contributed by atoms with E-state index in [9.17, 15) is 19.6 Å². The minimum Gasteiger partial charge on any atom is -0.448 e. The zero-order chi connectivity index (χ0) is 27.5. The van der Waals surface area contributed by atoms with Gasteiger partial charge in [-0.15, -0.1) is 23.1 Å². The lowest BCUT2D eigenvalue weighted by Crippen LogP contribution is -2.71. The van der Waals surface area contributed by atoms with Crippen molar-refractivity contribution in [3.05, 3.63) is 107 Å². The minimum absolute atomic E-state index is 0.0865. The fraction of sp³-hybridized carbons (Fsp3) is 0.148. The number of esters is 1. The molecule has 2 amide bonds. The lowest BCUT2D eigenvalue weighted by molar-refractivity contribution is -0.154. The zero-order valence-electron chi connectivity index (χ0n) is 20.4. The first-order valence-corrected chi connectivity index (χ1v) is 13.7. The molecule has 3 heterocycles. The molecule has 0 saturated carbocycles. The summed E-state index contributed by atoms with van der Waals surface area (Å²) in [6.07, 6.45) is 0.828. The standard InChI is InChI=1S/C27H23N5O5S2/c1-2-15-13-38-25-20(30-23(33)19(31-36)18-14-39-27(28)29-18)24(34)32(25)21(15)26(35)37-22(16-9-5-3-6-10-16)17-11-7-4-8-12-17/h2-12,14,20,22,25,36H,1,13H2,(H2,28,29)(H,30,33)/b31-19-. The topological polar surface area (TPSA) is 147 Å². The number of nitrogen functional groups attached to an aromatic ring is 1. The van der Waals surface area contributed by atoms with Crippen molar-refractivity contribution in [1.82, 2.24) is 15.2 Å². The Morgan fingerprint density at radius 1 is 1.18 bits per heavy atom. The molecule has 2 aromatic carbocycles. The number of aromatic nitrogens is 1. The number of β-lactam (4-membered cyclic amide) rings is 1. The average molecular weight is 562 g/mol. The van der Waals surface area contributed by atoms with E-state index in [1.165, 1.54) is 28.1 Å². The molecule has 5 rings (SSSR count). The third-order valence-corrected chi connectivity index (χ3v) is 8.21. The number of benzene rings is 2. The van der Waals surface area contributed by atoms with E-state index < -0.39 is 35.3 Å². The summed E-state index contributed by atoms with van der Waals surface area (Å²) in [7, 11) is 0. The lowest BCUT2D eigenvalue weighted by atomic mass is 10.0. The van der Waals surface area contributed by atoms with Crippen LogP contribution in [-0.4, -0.2) is 55.8 Å². The molecule has 0 bridgehead atoms. The second kappa shape index (κ2) is 11.1. The third kappa shape index (κ3) is 5.03. The van der Waals surface area contributed by atoms with Gasteiger partial charge in [0.15, 0.2) is 16.9 Å². The summed E-state index contributed by atoms with van der Waals surface area (Å²) in [6.45, 7) is 3.81. The van der Waals surface area contributed by atoms with Gasteiger partial charge in [0.1, 0.15) is 22.8 Å². The molecule has 0 spiro atoms. The molecule has 12 heteroatoms. The van der Waals surface area contributed by atoms with E-state index in [0.29, 0.717) is 11.3 Å². The summed E-state index contributed by atoms with van der Waals surface area (Å²) in [4.78, 5) is 45.0. The van der Waals surface area contributed by atoms with Crippen molar-refractivity contribution < 1.29 is 24.3 Å². The molecule has 1 saturated heterocycles. The van der Waals surface area contributed by atoms with Crippen LogP contribution >= 0.6 is 23.1 Å². The molecule has 1 aromatic heterocycles. The van der Waals surface area contributed by atoms with Gasteiger partial charge in [0.05, 0.1) is 0 Å². The first-order valence-electron chi connectivity index (χ1n) is 11.8. The Kier molecular flexibility index (Phi) is 7.48. The predicted octanol–water partition coefficient (Wildman–Crippen LogP) is 3.08. The fourth-order valence-electron chi connectivity index (χ4n) is 4.35. The van der Waals surface area contributed by atoms with E-state index in [2.05, 4.69) is 22.0 Å². The quantitative estimate of drug-likeness (QED) is 0.125. The highest BCUT2D eigenvalue weighted by Crippen LogP contribution is 2.42. The summed E-state index contributed by atoms with van der Waals surface area (Å²) in [5.41, 5.74) is 7.52. The number of hydrogen-bond acceptors (Lipinski definition) is 10. The second-order valence-corrected chi connectivity index (χ2v) is 10.6. The number of thiazole rings is 1. The van der Waals surface area contributed by atoms with Gasteiger partial charge in [-0.1, -0.05) is 78.5 Å². The number of nitrogens with one attached hydrogen (secondary N) is 1. The van der Waals surface area contributed by atoms with Gasteiger partial charge in [-0.05, 0) is 16.7 Å². The van der Waals surface area contributed by atoms with Gasteiger partial charge in [-0.3, -0.25) is 14.5 Å². The van der Waals surface area contributed by atoms with Crippen LogP contribution in [0.4, 0.5) is 5.13 Å². The van der Waals surface area contributed by atoms with E-state index in [4.69, 9.17) is 10.5 Å². The van der Waals surface area contributed by atoms with Crippen LogP contribution in [0.25, 0.3) is 0 Å². The molecule has 39 heavy (non-hydrogen) atoms. The largest absolute Gasteiger partial charge is 0.448 e. The first-order chi connectivity index (χ1) is 18.9. The number of fused-ring (bicyclic) bond motifs is 1. The number of carbonyl (C=O) groups is 3. The first kappa shape index (κ1) is 26.2. The molecule has 2 unspecified atom stereocenters. The normalized spacial score (nSPS) is 18.8. The number of allylic oxidation sites excluding steroid dienone is 1. The van der Waals surface area contributed by atoms with E-state index in [0.717, 1.165) is 22.5 Å². The Morgan fingerprint density at radius 3 is 2.36 bits per heavy atom. The number of nitrogens with zero attached hydrogens (tertiary/aromatic N) is 3. The highest BCUT2D eigenvalue weighted by atomic mass is 32.2. The van der Waals surface area contributed by atoms with Crippen LogP contribution in [0.15, 0.2) is 95.1 Å². The van der Waals surface area contributed by atoms with Gasteiger partial charge in [0.25, 0.3) is 11.8 Å². The fourth-order valence-corrected chi connectivity index (χ4v) is 6.24. The van der Waals surface area contributed by atoms with Gasteiger partial charge < -0.3 is 21.0 Å². The van der Waals surface area contributed by atoms with Crippen molar-refractivity contribution in [2.45, 2.75) is 17.5 Å². The van der Waals surface area contributed by atoms with Crippen molar-refractivity contribution in [3.63, 3.8) is 0 Å². The second-order valence-electron chi connectivity index (χ2n) is 8.57. The van der Waals surface area contributed by atoms with Gasteiger partial charge in [0, 0.05) is 11.1 Å². The maximum absolute atomic E-state index is 13.6. The van der Waals surface area contributed by atoms with Crippen LogP contribution in [0.3, 0.4) is 0 Å². The number of oxime groups is 1. The Hall–Kier alpha value is -4.42. The molecular formula is C27H23N5O5S2. The predicted molar refractivity (Wildman–Crippen MR) is 148 cm³/mol. The van der Waals surface area contributed by atoms with Gasteiger partial charge >= 0.3 is 5.97 Å². The van der Waals surface area contributed by atoms with Crippen LogP contribution in [0.5, 0.6) is 0 Å². The molecule has 1 fully saturated rings. The van der Waals surface area contributed by atoms with Crippen molar-refractivity contribution in [3.8, 4) is 0 Å². The molecule has 4 N–H and O–H groups in total. The molecule has 2 aliphatic rings. The van der Waals surface area contributed by atoms with E-state index in [1.54, 1.807) is 0 Å². The Labute approximate surface area is 231 Å². The van der Waals surface area contributed by atoms with Gasteiger partial charge in [0.2, 0.25) is 0 Å². The number of rotatable bonds is 8. The highest BCUT2D eigenvalue weighted by molar-refractivity contribution is 8.00.